The number of para-hydroxylation sites is 10. The lowest BCUT2D eigenvalue weighted by molar-refractivity contribution is 0.590. The van der Waals surface area contributed by atoms with E-state index < -0.39 is 0 Å². The van der Waals surface area contributed by atoms with Crippen molar-refractivity contribution in [2.75, 3.05) is 63.1 Å². The molecule has 2 aromatic heterocycles. The first-order chi connectivity index (χ1) is 53.5. The first kappa shape index (κ1) is 77.4. The Balaban J connectivity index is 0.000000123. The van der Waals surface area contributed by atoms with E-state index in [-0.39, 0.29) is 36.2 Å². The van der Waals surface area contributed by atoms with Crippen LogP contribution in [0.3, 0.4) is 0 Å². The summed E-state index contributed by atoms with van der Waals surface area (Å²) in [4.78, 5) is 32.7. The minimum atomic E-state index is 0.121. The third-order valence-electron chi connectivity index (χ3n) is 22.6. The van der Waals surface area contributed by atoms with Crippen LogP contribution in [0.1, 0.15) is 139 Å². The van der Waals surface area contributed by atoms with Crippen molar-refractivity contribution in [1.29, 1.82) is 0 Å². The number of aromatic nitrogens is 2. The zero-order valence-electron chi connectivity index (χ0n) is 68.6. The van der Waals surface area contributed by atoms with E-state index in [1.807, 2.05) is 24.5 Å². The quantitative estimate of drug-likeness (QED) is 0.131. The van der Waals surface area contributed by atoms with Crippen molar-refractivity contribution < 1.29 is 0 Å². The molecule has 5 unspecified atom stereocenters. The molecule has 0 amide bonds. The molecule has 5 atom stereocenters. The van der Waals surface area contributed by atoms with Crippen LogP contribution in [0.2, 0.25) is 0 Å². The maximum absolute atomic E-state index is 4.54. The Labute approximate surface area is 662 Å². The van der Waals surface area contributed by atoms with Gasteiger partial charge < -0.3 is 49.0 Å². The molecule has 0 aliphatic carbocycles. The SMILES string of the molecule is Cc1ccccc1N1C=CN(c2c(C(C)C)cccc2C(C)C)C1C.Cc1ccccc1N1c2cc(C(C)(C)C)ccc2N(c2ccccc2)C1C.Cc1ccccc1N1c2ccccc2N(c2ccccc2)C1C.Cc1ccccc1N1c2cccnc2N(C)C1C.Cc1ccccc1N1c2ncccc2N(C)C1C. The zero-order chi connectivity index (χ0) is 78.5. The maximum Gasteiger partial charge on any atom is 0.158 e. The van der Waals surface area contributed by atoms with Gasteiger partial charge in [0.1, 0.15) is 30.8 Å². The fourth-order valence-corrected chi connectivity index (χ4v) is 16.4. The third kappa shape index (κ3) is 15.5. The lowest BCUT2D eigenvalue weighted by atomic mass is 9.86. The molecule has 10 aromatic carbocycles. The van der Waals surface area contributed by atoms with Gasteiger partial charge in [0.15, 0.2) is 11.6 Å². The van der Waals surface area contributed by atoms with Gasteiger partial charge in [0.25, 0.3) is 0 Å². The molecule has 12 aromatic rings. The van der Waals surface area contributed by atoms with E-state index in [9.17, 15) is 0 Å². The zero-order valence-corrected chi connectivity index (χ0v) is 68.6. The van der Waals surface area contributed by atoms with Gasteiger partial charge in [-0.15, -0.1) is 0 Å². The van der Waals surface area contributed by atoms with Crippen LogP contribution in [0.4, 0.5) is 91.3 Å². The van der Waals surface area contributed by atoms with Crippen LogP contribution in [0, 0.1) is 34.6 Å². The highest BCUT2D eigenvalue weighted by Crippen LogP contribution is 2.52. The van der Waals surface area contributed by atoms with Crippen molar-refractivity contribution in [2.24, 2.45) is 0 Å². The van der Waals surface area contributed by atoms with E-state index in [0.717, 1.165) is 11.6 Å². The molecule has 111 heavy (non-hydrogen) atoms. The van der Waals surface area contributed by atoms with Crippen molar-refractivity contribution in [3.05, 3.63) is 336 Å². The number of hydrogen-bond donors (Lipinski definition) is 0. The highest BCUT2D eigenvalue weighted by Gasteiger charge is 2.39. The summed E-state index contributed by atoms with van der Waals surface area (Å²) in [5.74, 6) is 3.10. The van der Waals surface area contributed by atoms with Crippen LogP contribution in [-0.4, -0.2) is 54.9 Å². The van der Waals surface area contributed by atoms with Gasteiger partial charge in [-0.25, -0.2) is 9.97 Å². The second kappa shape index (κ2) is 33.2. The Hall–Kier alpha value is -11.8. The molecule has 0 radical (unpaired) electrons. The first-order valence-electron chi connectivity index (χ1n) is 39.6. The van der Waals surface area contributed by atoms with E-state index in [2.05, 4.69) is 458 Å². The molecule has 17 rings (SSSR count). The number of aryl methyl sites for hydroxylation is 5. The van der Waals surface area contributed by atoms with E-state index >= 15 is 0 Å². The summed E-state index contributed by atoms with van der Waals surface area (Å²) in [7, 11) is 4.21. The van der Waals surface area contributed by atoms with Crippen LogP contribution >= 0.6 is 0 Å². The molecule has 0 fully saturated rings. The molecule has 0 saturated heterocycles. The first-order valence-corrected chi connectivity index (χ1v) is 39.6. The molecule has 0 N–H and O–H groups in total. The fraction of sp³-hybridized carbons (Fsp3) is 0.273. The van der Waals surface area contributed by atoms with Crippen molar-refractivity contribution in [1.82, 2.24) is 9.97 Å². The lowest BCUT2D eigenvalue weighted by Crippen LogP contribution is -2.37. The number of benzene rings is 10. The summed E-state index contributed by atoms with van der Waals surface area (Å²) in [6.45, 7) is 38.1. The molecule has 7 heterocycles. The number of pyridine rings is 2. The van der Waals surface area contributed by atoms with E-state index in [1.54, 1.807) is 0 Å². The lowest BCUT2D eigenvalue weighted by Gasteiger charge is -2.34. The summed E-state index contributed by atoms with van der Waals surface area (Å²) in [5.41, 5.74) is 28.4. The summed E-state index contributed by atoms with van der Waals surface area (Å²) in [5, 5.41) is 0. The second-order valence-corrected chi connectivity index (χ2v) is 31.5. The van der Waals surface area contributed by atoms with Crippen molar-refractivity contribution >= 4 is 91.3 Å². The van der Waals surface area contributed by atoms with Crippen molar-refractivity contribution in [3.63, 3.8) is 0 Å². The number of fused-ring (bicyclic) bond motifs is 4. The summed E-state index contributed by atoms with van der Waals surface area (Å²) in [6, 6.07) is 94.7. The average molecular weight is 1470 g/mol. The molecular weight excluding hydrogens is 1360 g/mol. The Morgan fingerprint density at radius 3 is 1.09 bits per heavy atom. The Morgan fingerprint density at radius 1 is 0.288 bits per heavy atom. The molecule has 0 bridgehead atoms. The third-order valence-corrected chi connectivity index (χ3v) is 22.6. The Kier molecular flexibility index (Phi) is 23.2. The monoisotopic (exact) mass is 1470 g/mol. The topological polar surface area (TPSA) is 58.2 Å². The second-order valence-electron chi connectivity index (χ2n) is 31.5. The van der Waals surface area contributed by atoms with Gasteiger partial charge in [-0.2, -0.15) is 0 Å². The van der Waals surface area contributed by atoms with Crippen LogP contribution in [0.25, 0.3) is 0 Å². The molecule has 0 saturated carbocycles. The molecule has 0 spiro atoms. The summed E-state index contributed by atoms with van der Waals surface area (Å²) in [6.07, 6.45) is 9.44. The predicted molar refractivity (Wildman–Crippen MR) is 475 cm³/mol. The van der Waals surface area contributed by atoms with Gasteiger partial charge in [-0.1, -0.05) is 212 Å². The van der Waals surface area contributed by atoms with E-state index in [1.165, 1.54) is 124 Å². The van der Waals surface area contributed by atoms with Crippen LogP contribution in [-0.2, 0) is 5.41 Å². The standard InChI is InChI=1S/C25H28N2.C23H30N2.C21H20N2.2C15H17N3/c1-18-11-9-10-14-22(18)27-19(2)26(21-12-7-6-8-13-21)23-16-15-20(17-24(23)27)25(3,4)5;1-16(2)20-11-9-12-21(17(3)4)23(20)25-15-14-24(19(25)6)22-13-8-7-10-18(22)5;1-16-10-6-7-13-19(16)23-17(2)22(18-11-4-3-5-12-18)20-14-8-9-15-21(20)23;1-11-7-4-5-8-13(11)18-12(2)17(3)15-14(18)9-6-10-16-15;1-11-7-4-5-8-13(11)18-12(2)17(3)14-9-6-10-16-15(14)18/h6-17,19H,1-5H3;7-17,19H,1-6H3;3-15,17H,1-2H3;2*4-10,12H,1-3H3. The maximum atomic E-state index is 4.54. The van der Waals surface area contributed by atoms with Crippen LogP contribution in [0.15, 0.2) is 292 Å². The highest BCUT2D eigenvalue weighted by molar-refractivity contribution is 5.91. The van der Waals surface area contributed by atoms with Gasteiger partial charge in [0.2, 0.25) is 0 Å². The van der Waals surface area contributed by atoms with E-state index in [0.29, 0.717) is 11.8 Å². The van der Waals surface area contributed by atoms with Gasteiger partial charge in [0, 0.05) is 84.4 Å². The summed E-state index contributed by atoms with van der Waals surface area (Å²) >= 11 is 0. The number of hydrogen-bond acceptors (Lipinski definition) is 12. The largest absolute Gasteiger partial charge is 0.351 e. The summed E-state index contributed by atoms with van der Waals surface area (Å²) < 4.78 is 0. The highest BCUT2D eigenvalue weighted by atomic mass is 15.5. The predicted octanol–water partition coefficient (Wildman–Crippen LogP) is 25.6. The van der Waals surface area contributed by atoms with Gasteiger partial charge >= 0.3 is 0 Å². The normalized spacial score (nSPS) is 17.2. The van der Waals surface area contributed by atoms with E-state index in [4.69, 9.17) is 0 Å². The molecule has 5 aliphatic heterocycles. The van der Waals surface area contributed by atoms with Crippen molar-refractivity contribution in [3.8, 4) is 0 Å². The number of nitrogens with zero attached hydrogens (tertiary/aromatic N) is 12. The Bertz CT molecular complexity index is 5070. The number of anilines is 16. The smallest absolute Gasteiger partial charge is 0.158 e. The minimum Gasteiger partial charge on any atom is -0.351 e. The molecule has 12 nitrogen and oxygen atoms in total. The van der Waals surface area contributed by atoms with Gasteiger partial charge in [-0.3, -0.25) is 0 Å². The fourth-order valence-electron chi connectivity index (χ4n) is 16.4. The average Bonchev–Trinajstić information content (AvgIpc) is 1.62. The van der Waals surface area contributed by atoms with Crippen LogP contribution in [0.5, 0.6) is 0 Å². The van der Waals surface area contributed by atoms with Gasteiger partial charge in [0.05, 0.1) is 34.1 Å². The molecular formula is C99H112N12. The Morgan fingerprint density at radius 2 is 0.640 bits per heavy atom. The minimum absolute atomic E-state index is 0.121. The number of rotatable bonds is 10. The molecule has 12 heteroatoms. The molecule has 568 valence electrons. The van der Waals surface area contributed by atoms with Crippen molar-refractivity contribution in [2.45, 2.75) is 166 Å². The molecule has 5 aliphatic rings. The van der Waals surface area contributed by atoms with Gasteiger partial charge in [-0.05, 0) is 234 Å². The van der Waals surface area contributed by atoms with Crippen LogP contribution < -0.4 is 49.0 Å².